The molecule has 0 spiro atoms. The maximum absolute atomic E-state index is 4.86. The number of nitrogens with one attached hydrogen (secondary N) is 1. The quantitative estimate of drug-likeness (QED) is 0.390. The molecule has 0 amide bonds. The van der Waals surface area contributed by atoms with Gasteiger partial charge in [-0.2, -0.15) is 0 Å². The van der Waals surface area contributed by atoms with Gasteiger partial charge in [-0.3, -0.25) is 0 Å². The molecule has 6 nitrogen and oxygen atoms in total. The summed E-state index contributed by atoms with van der Waals surface area (Å²) in [5, 5.41) is 18.7. The number of imidazole rings is 1. The number of rotatable bonds is 7. The highest BCUT2D eigenvalue weighted by atomic mass is 32.1. The van der Waals surface area contributed by atoms with E-state index in [0.717, 1.165) is 41.6 Å². The summed E-state index contributed by atoms with van der Waals surface area (Å²) in [5.74, 6) is 1.86. The number of aryl methyl sites for hydroxylation is 1. The number of aromatic nitrogens is 6. The predicted octanol–water partition coefficient (Wildman–Crippen LogP) is 5.34. The van der Waals surface area contributed by atoms with Crippen molar-refractivity contribution in [2.75, 3.05) is 0 Å². The zero-order valence-corrected chi connectivity index (χ0v) is 17.6. The van der Waals surface area contributed by atoms with E-state index in [-0.39, 0.29) is 0 Å². The van der Waals surface area contributed by atoms with Crippen molar-refractivity contribution in [2.24, 2.45) is 0 Å². The number of hydrogen-bond acceptors (Lipinski definition) is 5. The Morgan fingerprint density at radius 2 is 1.83 bits per heavy atom. The van der Waals surface area contributed by atoms with E-state index in [1.165, 1.54) is 23.3 Å². The van der Waals surface area contributed by atoms with Gasteiger partial charge in [0.1, 0.15) is 5.82 Å². The van der Waals surface area contributed by atoms with Crippen LogP contribution in [0, 0.1) is 0 Å². The Morgan fingerprint density at radius 3 is 2.60 bits per heavy atom. The fourth-order valence-corrected chi connectivity index (χ4v) is 4.54. The molecular formula is C23H22N6S. The van der Waals surface area contributed by atoms with Gasteiger partial charge in [0, 0.05) is 29.3 Å². The summed E-state index contributed by atoms with van der Waals surface area (Å²) in [7, 11) is 0. The van der Waals surface area contributed by atoms with Gasteiger partial charge in [-0.1, -0.05) is 61.9 Å². The molecule has 0 unspecified atom stereocenters. The van der Waals surface area contributed by atoms with Crippen LogP contribution >= 0.6 is 11.3 Å². The van der Waals surface area contributed by atoms with Crippen molar-refractivity contribution >= 4 is 22.4 Å². The fraction of sp³-hybridized carbons (Fsp3) is 0.217. The summed E-state index contributed by atoms with van der Waals surface area (Å²) in [5.41, 5.74) is 6.85. The smallest absolute Gasteiger partial charge is 0.180 e. The van der Waals surface area contributed by atoms with Crippen molar-refractivity contribution in [3.63, 3.8) is 0 Å². The minimum absolute atomic E-state index is 0.675. The van der Waals surface area contributed by atoms with Gasteiger partial charge >= 0.3 is 0 Å². The fourth-order valence-electron chi connectivity index (χ4n) is 3.80. The first-order valence-electron chi connectivity index (χ1n) is 10.2. The number of tetrazole rings is 1. The maximum atomic E-state index is 4.86. The van der Waals surface area contributed by atoms with E-state index in [4.69, 9.17) is 4.98 Å². The predicted molar refractivity (Wildman–Crippen MR) is 120 cm³/mol. The molecule has 5 aromatic rings. The lowest BCUT2D eigenvalue weighted by Crippen LogP contribution is -2.05. The zero-order valence-electron chi connectivity index (χ0n) is 16.7. The first-order valence-corrected chi connectivity index (χ1v) is 11.1. The van der Waals surface area contributed by atoms with Crippen LogP contribution < -0.4 is 0 Å². The number of thiophene rings is 1. The van der Waals surface area contributed by atoms with Crippen LogP contribution in [-0.4, -0.2) is 30.2 Å². The number of benzene rings is 2. The van der Waals surface area contributed by atoms with Crippen LogP contribution in [0.1, 0.15) is 31.2 Å². The Morgan fingerprint density at radius 1 is 1.00 bits per heavy atom. The van der Waals surface area contributed by atoms with Crippen LogP contribution in [0.3, 0.4) is 0 Å². The van der Waals surface area contributed by atoms with Crippen LogP contribution in [-0.2, 0) is 13.0 Å². The van der Waals surface area contributed by atoms with E-state index in [9.17, 15) is 0 Å². The number of H-pyrrole nitrogens is 1. The molecule has 0 radical (unpaired) electrons. The summed E-state index contributed by atoms with van der Waals surface area (Å²) >= 11 is 1.71. The molecule has 1 N–H and O–H groups in total. The van der Waals surface area contributed by atoms with Gasteiger partial charge in [0.2, 0.25) is 0 Å². The van der Waals surface area contributed by atoms with Crippen LogP contribution in [0.2, 0.25) is 0 Å². The lowest BCUT2D eigenvalue weighted by atomic mass is 9.98. The lowest BCUT2D eigenvalue weighted by molar-refractivity contribution is 0.690. The third kappa shape index (κ3) is 3.52. The standard InChI is InChI=1S/C23H22N6S/c1-2-3-8-22-24-20-14-30-15-21(20)29(22)13-16-9-11-17(12-10-16)18-6-4-5-7-19(18)23-25-27-28-26-23/h4-7,9-12,14-15H,2-3,8,13H2,1H3,(H,25,26,27,28). The number of fused-ring (bicyclic) bond motifs is 1. The van der Waals surface area contributed by atoms with E-state index in [2.05, 4.69) is 73.2 Å². The molecule has 0 saturated heterocycles. The number of unbranched alkanes of at least 4 members (excludes halogenated alkanes) is 1. The average Bonchev–Trinajstić information content (AvgIpc) is 3.52. The number of nitrogens with zero attached hydrogens (tertiary/aromatic N) is 5. The first kappa shape index (κ1) is 18.7. The molecule has 7 heteroatoms. The summed E-state index contributed by atoms with van der Waals surface area (Å²) in [6, 6.07) is 16.9. The van der Waals surface area contributed by atoms with Gasteiger partial charge < -0.3 is 4.57 Å². The van der Waals surface area contributed by atoms with Crippen molar-refractivity contribution in [3.8, 4) is 22.5 Å². The van der Waals surface area contributed by atoms with E-state index >= 15 is 0 Å². The second-order valence-electron chi connectivity index (χ2n) is 7.35. The van der Waals surface area contributed by atoms with Crippen LogP contribution in [0.5, 0.6) is 0 Å². The third-order valence-corrected chi connectivity index (χ3v) is 6.08. The van der Waals surface area contributed by atoms with Crippen LogP contribution in [0.25, 0.3) is 33.5 Å². The molecule has 30 heavy (non-hydrogen) atoms. The van der Waals surface area contributed by atoms with Gasteiger partial charge in [-0.05, 0) is 33.5 Å². The molecule has 3 aromatic heterocycles. The van der Waals surface area contributed by atoms with E-state index in [0.29, 0.717) is 5.82 Å². The maximum Gasteiger partial charge on any atom is 0.180 e. The average molecular weight is 415 g/mol. The summed E-state index contributed by atoms with van der Waals surface area (Å²) in [4.78, 5) is 4.86. The molecule has 0 aliphatic rings. The van der Waals surface area contributed by atoms with Crippen LogP contribution in [0.4, 0.5) is 0 Å². The van der Waals surface area contributed by atoms with Gasteiger partial charge in [0.15, 0.2) is 5.82 Å². The molecule has 0 aliphatic heterocycles. The molecule has 0 atom stereocenters. The van der Waals surface area contributed by atoms with E-state index in [1.54, 1.807) is 11.3 Å². The van der Waals surface area contributed by atoms with Crippen molar-refractivity contribution in [1.29, 1.82) is 0 Å². The number of aromatic amines is 1. The highest BCUT2D eigenvalue weighted by molar-refractivity contribution is 7.09. The largest absolute Gasteiger partial charge is 0.323 e. The zero-order chi connectivity index (χ0) is 20.3. The Bertz CT molecular complexity index is 1250. The minimum Gasteiger partial charge on any atom is -0.323 e. The molecule has 0 saturated carbocycles. The molecule has 5 rings (SSSR count). The summed E-state index contributed by atoms with van der Waals surface area (Å²) < 4.78 is 2.37. The monoisotopic (exact) mass is 414 g/mol. The second-order valence-corrected chi connectivity index (χ2v) is 8.10. The van der Waals surface area contributed by atoms with Crippen molar-refractivity contribution in [2.45, 2.75) is 32.7 Å². The molecule has 0 fully saturated rings. The lowest BCUT2D eigenvalue weighted by Gasteiger charge is -2.11. The molecular weight excluding hydrogens is 392 g/mol. The molecule has 3 heterocycles. The van der Waals surface area contributed by atoms with Gasteiger partial charge in [-0.25, -0.2) is 10.1 Å². The Balaban J connectivity index is 1.45. The summed E-state index contributed by atoms with van der Waals surface area (Å²) in [6.07, 6.45) is 3.36. The normalized spacial score (nSPS) is 11.4. The topological polar surface area (TPSA) is 72.3 Å². The third-order valence-electron chi connectivity index (χ3n) is 5.36. The van der Waals surface area contributed by atoms with Crippen molar-refractivity contribution < 1.29 is 0 Å². The SMILES string of the molecule is CCCCc1nc2cscc2n1Cc1ccc(-c2ccccc2-c2nnn[nH]2)cc1. The van der Waals surface area contributed by atoms with Gasteiger partial charge in [0.05, 0.1) is 11.0 Å². The molecule has 2 aromatic carbocycles. The van der Waals surface area contributed by atoms with Crippen LogP contribution in [0.15, 0.2) is 59.3 Å². The van der Waals surface area contributed by atoms with E-state index < -0.39 is 0 Å². The van der Waals surface area contributed by atoms with Crippen molar-refractivity contribution in [3.05, 3.63) is 70.7 Å². The Hall–Kier alpha value is -3.32. The highest BCUT2D eigenvalue weighted by Crippen LogP contribution is 2.30. The highest BCUT2D eigenvalue weighted by Gasteiger charge is 2.13. The van der Waals surface area contributed by atoms with Gasteiger partial charge in [0.25, 0.3) is 0 Å². The minimum atomic E-state index is 0.675. The summed E-state index contributed by atoms with van der Waals surface area (Å²) in [6.45, 7) is 3.06. The van der Waals surface area contributed by atoms with Crippen molar-refractivity contribution in [1.82, 2.24) is 30.2 Å². The Labute approximate surface area is 178 Å². The number of hydrogen-bond donors (Lipinski definition) is 1. The molecule has 0 aliphatic carbocycles. The van der Waals surface area contributed by atoms with Gasteiger partial charge in [-0.15, -0.1) is 16.4 Å². The van der Waals surface area contributed by atoms with E-state index in [1.807, 2.05) is 18.2 Å². The Kier molecular flexibility index (Phi) is 5.11. The molecule has 150 valence electrons. The first-order chi connectivity index (χ1) is 14.8. The molecule has 0 bridgehead atoms. The second kappa shape index (κ2) is 8.20.